The maximum atomic E-state index is 12.4. The minimum atomic E-state index is 0.107. The molecule has 1 aliphatic rings. The number of aryl methyl sites for hydroxylation is 1. The van der Waals surface area contributed by atoms with Gasteiger partial charge >= 0.3 is 0 Å². The monoisotopic (exact) mass is 291 g/mol. The number of aromatic nitrogens is 2. The highest BCUT2D eigenvalue weighted by atomic mass is 16.2. The number of imidazole rings is 1. The van der Waals surface area contributed by atoms with Crippen molar-refractivity contribution in [3.05, 3.63) is 65.5 Å². The quantitative estimate of drug-likeness (QED) is 0.788. The van der Waals surface area contributed by atoms with Crippen LogP contribution in [0.3, 0.4) is 0 Å². The molecule has 0 unspecified atom stereocenters. The first-order valence-corrected chi connectivity index (χ1v) is 7.51. The molecule has 1 N–H and O–H groups in total. The summed E-state index contributed by atoms with van der Waals surface area (Å²) in [4.78, 5) is 22.3. The lowest BCUT2D eigenvalue weighted by molar-refractivity contribution is 0.0595. The van der Waals surface area contributed by atoms with Gasteiger partial charge in [0, 0.05) is 18.7 Å². The molecule has 2 aromatic carbocycles. The Balaban J connectivity index is 1.48. The van der Waals surface area contributed by atoms with E-state index in [2.05, 4.69) is 9.97 Å². The van der Waals surface area contributed by atoms with Crippen LogP contribution in [0.4, 0.5) is 0 Å². The van der Waals surface area contributed by atoms with Gasteiger partial charge in [-0.2, -0.15) is 0 Å². The van der Waals surface area contributed by atoms with Gasteiger partial charge in [-0.15, -0.1) is 0 Å². The van der Waals surface area contributed by atoms with Gasteiger partial charge in [0.15, 0.2) is 0 Å². The summed E-state index contributed by atoms with van der Waals surface area (Å²) in [6, 6.07) is 15.8. The first-order valence-electron chi connectivity index (χ1n) is 7.51. The van der Waals surface area contributed by atoms with Crippen LogP contribution in [-0.2, 0) is 0 Å². The molecule has 2 heterocycles. The van der Waals surface area contributed by atoms with E-state index >= 15 is 0 Å². The molecule has 110 valence electrons. The molecule has 4 nitrogen and oxygen atoms in total. The van der Waals surface area contributed by atoms with E-state index in [1.165, 1.54) is 0 Å². The van der Waals surface area contributed by atoms with Crippen LogP contribution >= 0.6 is 0 Å². The summed E-state index contributed by atoms with van der Waals surface area (Å²) >= 11 is 0. The first-order chi connectivity index (χ1) is 10.7. The van der Waals surface area contributed by atoms with Crippen molar-refractivity contribution in [1.29, 1.82) is 0 Å². The summed E-state index contributed by atoms with van der Waals surface area (Å²) < 4.78 is 0. The number of nitrogens with zero attached hydrogens (tertiary/aromatic N) is 2. The number of amides is 1. The van der Waals surface area contributed by atoms with Crippen LogP contribution in [0.1, 0.15) is 27.7 Å². The Bertz CT molecular complexity index is 813. The Hall–Kier alpha value is -2.62. The Kier molecular flexibility index (Phi) is 2.96. The molecule has 0 atom stereocenters. The topological polar surface area (TPSA) is 49.0 Å². The van der Waals surface area contributed by atoms with Gasteiger partial charge in [0.2, 0.25) is 0 Å². The minimum Gasteiger partial charge on any atom is -0.342 e. The summed E-state index contributed by atoms with van der Waals surface area (Å²) in [7, 11) is 0. The molecule has 1 aliphatic heterocycles. The molecule has 0 radical (unpaired) electrons. The summed E-state index contributed by atoms with van der Waals surface area (Å²) in [6.07, 6.45) is 0. The van der Waals surface area contributed by atoms with Crippen LogP contribution in [0, 0.1) is 6.92 Å². The van der Waals surface area contributed by atoms with Gasteiger partial charge < -0.3 is 9.88 Å². The highest BCUT2D eigenvalue weighted by Crippen LogP contribution is 2.28. The number of H-pyrrole nitrogens is 1. The zero-order chi connectivity index (χ0) is 15.1. The SMILES string of the molecule is Cc1cccc(C(=O)N2CC(c3nc4ccccc4[nH]3)C2)c1. The Morgan fingerprint density at radius 1 is 1.18 bits per heavy atom. The highest BCUT2D eigenvalue weighted by molar-refractivity contribution is 5.95. The van der Waals surface area contributed by atoms with Crippen molar-refractivity contribution in [3.8, 4) is 0 Å². The van der Waals surface area contributed by atoms with Crippen molar-refractivity contribution >= 4 is 16.9 Å². The fraction of sp³-hybridized carbons (Fsp3) is 0.222. The molecule has 0 bridgehead atoms. The van der Waals surface area contributed by atoms with Crippen molar-refractivity contribution in [2.24, 2.45) is 0 Å². The van der Waals surface area contributed by atoms with Crippen molar-refractivity contribution in [3.63, 3.8) is 0 Å². The number of likely N-dealkylation sites (tertiary alicyclic amines) is 1. The van der Waals surface area contributed by atoms with Gasteiger partial charge in [0.25, 0.3) is 5.91 Å². The van der Waals surface area contributed by atoms with E-state index in [-0.39, 0.29) is 5.91 Å². The molecule has 3 aromatic rings. The predicted octanol–water partition coefficient (Wildman–Crippen LogP) is 3.11. The van der Waals surface area contributed by atoms with E-state index in [0.29, 0.717) is 5.92 Å². The van der Waals surface area contributed by atoms with Crippen LogP contribution in [0.25, 0.3) is 11.0 Å². The van der Waals surface area contributed by atoms with Gasteiger partial charge in [-0.3, -0.25) is 4.79 Å². The van der Waals surface area contributed by atoms with E-state index in [0.717, 1.165) is 41.1 Å². The number of benzene rings is 2. The average molecular weight is 291 g/mol. The number of carbonyl (C=O) groups excluding carboxylic acids is 1. The number of aromatic amines is 1. The smallest absolute Gasteiger partial charge is 0.253 e. The molecule has 0 aliphatic carbocycles. The number of nitrogens with one attached hydrogen (secondary N) is 1. The fourth-order valence-corrected chi connectivity index (χ4v) is 2.94. The van der Waals surface area contributed by atoms with Crippen LogP contribution in [-0.4, -0.2) is 33.9 Å². The zero-order valence-electron chi connectivity index (χ0n) is 12.4. The molecule has 0 saturated carbocycles. The highest BCUT2D eigenvalue weighted by Gasteiger charge is 2.34. The predicted molar refractivity (Wildman–Crippen MR) is 85.9 cm³/mol. The second kappa shape index (κ2) is 4.98. The van der Waals surface area contributed by atoms with Gasteiger partial charge in [0.05, 0.1) is 17.0 Å². The zero-order valence-corrected chi connectivity index (χ0v) is 12.4. The van der Waals surface area contributed by atoms with E-state index < -0.39 is 0 Å². The summed E-state index contributed by atoms with van der Waals surface area (Å²) in [5.74, 6) is 1.40. The summed E-state index contributed by atoms with van der Waals surface area (Å²) in [5, 5.41) is 0. The minimum absolute atomic E-state index is 0.107. The van der Waals surface area contributed by atoms with Gasteiger partial charge in [0.1, 0.15) is 5.82 Å². The Labute approximate surface area is 128 Å². The second-order valence-corrected chi connectivity index (χ2v) is 5.92. The molecule has 1 amide bonds. The van der Waals surface area contributed by atoms with E-state index in [9.17, 15) is 4.79 Å². The van der Waals surface area contributed by atoms with Crippen LogP contribution < -0.4 is 0 Å². The number of fused-ring (bicyclic) bond motifs is 1. The van der Waals surface area contributed by atoms with E-state index in [4.69, 9.17) is 0 Å². The van der Waals surface area contributed by atoms with E-state index in [1.54, 1.807) is 0 Å². The maximum absolute atomic E-state index is 12.4. The van der Waals surface area contributed by atoms with Crippen molar-refractivity contribution in [2.75, 3.05) is 13.1 Å². The number of hydrogen-bond donors (Lipinski definition) is 1. The van der Waals surface area contributed by atoms with Crippen LogP contribution in [0.2, 0.25) is 0 Å². The van der Waals surface area contributed by atoms with Crippen molar-refractivity contribution in [1.82, 2.24) is 14.9 Å². The van der Waals surface area contributed by atoms with Crippen molar-refractivity contribution < 1.29 is 4.79 Å². The van der Waals surface area contributed by atoms with Gasteiger partial charge in [-0.25, -0.2) is 4.98 Å². The molecule has 4 rings (SSSR count). The largest absolute Gasteiger partial charge is 0.342 e. The van der Waals surface area contributed by atoms with Gasteiger partial charge in [-0.1, -0.05) is 29.8 Å². The number of carbonyl (C=O) groups is 1. The average Bonchev–Trinajstić information content (AvgIpc) is 2.89. The first kappa shape index (κ1) is 13.1. The van der Waals surface area contributed by atoms with Crippen molar-refractivity contribution in [2.45, 2.75) is 12.8 Å². The number of hydrogen-bond acceptors (Lipinski definition) is 2. The number of para-hydroxylation sites is 2. The standard InChI is InChI=1S/C18H17N3O/c1-12-5-4-6-13(9-12)18(22)21-10-14(11-21)17-19-15-7-2-3-8-16(15)20-17/h2-9,14H,10-11H2,1H3,(H,19,20). The van der Waals surface area contributed by atoms with E-state index in [1.807, 2.05) is 60.4 Å². The molecular weight excluding hydrogens is 274 g/mol. The Morgan fingerprint density at radius 3 is 2.77 bits per heavy atom. The number of rotatable bonds is 2. The molecule has 1 saturated heterocycles. The lowest BCUT2D eigenvalue weighted by Crippen LogP contribution is -2.48. The lowest BCUT2D eigenvalue weighted by Gasteiger charge is -2.38. The maximum Gasteiger partial charge on any atom is 0.253 e. The fourth-order valence-electron chi connectivity index (χ4n) is 2.94. The molecule has 4 heteroatoms. The molecule has 1 fully saturated rings. The third-order valence-corrected chi connectivity index (χ3v) is 4.23. The van der Waals surface area contributed by atoms with Crippen LogP contribution in [0.15, 0.2) is 48.5 Å². The molecule has 22 heavy (non-hydrogen) atoms. The third kappa shape index (κ3) is 2.17. The summed E-state index contributed by atoms with van der Waals surface area (Å²) in [6.45, 7) is 3.46. The third-order valence-electron chi connectivity index (χ3n) is 4.23. The molecular formula is C18H17N3O. The van der Waals surface area contributed by atoms with Gasteiger partial charge in [-0.05, 0) is 31.2 Å². The lowest BCUT2D eigenvalue weighted by atomic mass is 9.98. The van der Waals surface area contributed by atoms with Crippen LogP contribution in [0.5, 0.6) is 0 Å². The second-order valence-electron chi connectivity index (χ2n) is 5.92. The molecule has 1 aromatic heterocycles. The summed E-state index contributed by atoms with van der Waals surface area (Å²) in [5.41, 5.74) is 3.92. The Morgan fingerprint density at radius 2 is 2.00 bits per heavy atom. The normalized spacial score (nSPS) is 15.0. The molecule has 0 spiro atoms.